The highest BCUT2D eigenvalue weighted by molar-refractivity contribution is 5.79. The molecule has 0 saturated heterocycles. The molecule has 0 aliphatic rings. The fourth-order valence-electron chi connectivity index (χ4n) is 3.15. The summed E-state index contributed by atoms with van der Waals surface area (Å²) in [5.41, 5.74) is 2.27. The average molecular weight is 411 g/mol. The predicted molar refractivity (Wildman–Crippen MR) is 115 cm³/mol. The SMILES string of the molecule is CN=C(NCc1ccc(-n2ccnc2)c(F)c1)N(C)Cc1ccc(OC)cc1OC. The molecule has 0 fully saturated rings. The second-order valence-electron chi connectivity index (χ2n) is 6.69. The lowest BCUT2D eigenvalue weighted by Crippen LogP contribution is -2.38. The van der Waals surface area contributed by atoms with E-state index in [4.69, 9.17) is 9.47 Å². The van der Waals surface area contributed by atoms with Crippen LogP contribution < -0.4 is 14.8 Å². The molecule has 0 aliphatic carbocycles. The van der Waals surface area contributed by atoms with Crippen molar-refractivity contribution in [3.63, 3.8) is 0 Å². The third-order valence-corrected chi connectivity index (χ3v) is 4.72. The Morgan fingerprint density at radius 3 is 2.67 bits per heavy atom. The third kappa shape index (κ3) is 4.89. The van der Waals surface area contributed by atoms with Gasteiger partial charge in [-0.15, -0.1) is 0 Å². The molecule has 2 aromatic carbocycles. The Labute approximate surface area is 175 Å². The highest BCUT2D eigenvalue weighted by Gasteiger charge is 2.12. The van der Waals surface area contributed by atoms with Crippen molar-refractivity contribution in [3.8, 4) is 17.2 Å². The van der Waals surface area contributed by atoms with Crippen LogP contribution in [0.5, 0.6) is 11.5 Å². The predicted octanol–water partition coefficient (Wildman–Crippen LogP) is 3.24. The number of methoxy groups -OCH3 is 2. The highest BCUT2D eigenvalue weighted by Crippen LogP contribution is 2.25. The third-order valence-electron chi connectivity index (χ3n) is 4.72. The summed E-state index contributed by atoms with van der Waals surface area (Å²) in [5, 5.41) is 3.27. The van der Waals surface area contributed by atoms with Gasteiger partial charge >= 0.3 is 0 Å². The lowest BCUT2D eigenvalue weighted by atomic mass is 10.1. The molecule has 0 atom stereocenters. The number of benzene rings is 2. The molecule has 1 aromatic heterocycles. The van der Waals surface area contributed by atoms with Gasteiger partial charge in [-0.3, -0.25) is 4.99 Å². The summed E-state index contributed by atoms with van der Waals surface area (Å²) in [6, 6.07) is 10.8. The summed E-state index contributed by atoms with van der Waals surface area (Å²) in [7, 11) is 6.90. The summed E-state index contributed by atoms with van der Waals surface area (Å²) in [6.07, 6.45) is 4.90. The van der Waals surface area contributed by atoms with Crippen molar-refractivity contribution in [1.29, 1.82) is 0 Å². The van der Waals surface area contributed by atoms with E-state index in [9.17, 15) is 4.39 Å². The maximum Gasteiger partial charge on any atom is 0.193 e. The van der Waals surface area contributed by atoms with E-state index >= 15 is 0 Å². The van der Waals surface area contributed by atoms with Gasteiger partial charge in [-0.1, -0.05) is 6.07 Å². The van der Waals surface area contributed by atoms with E-state index in [2.05, 4.69) is 15.3 Å². The van der Waals surface area contributed by atoms with Gasteiger partial charge in [0.25, 0.3) is 0 Å². The van der Waals surface area contributed by atoms with Gasteiger partial charge < -0.3 is 24.3 Å². The Kier molecular flexibility index (Phi) is 6.90. The molecule has 1 heterocycles. The Hall–Kier alpha value is -3.55. The Morgan fingerprint density at radius 2 is 2.03 bits per heavy atom. The minimum atomic E-state index is -0.307. The number of rotatable bonds is 7. The highest BCUT2D eigenvalue weighted by atomic mass is 19.1. The summed E-state index contributed by atoms with van der Waals surface area (Å²) < 4.78 is 26.8. The maximum atomic E-state index is 14.5. The molecule has 1 N–H and O–H groups in total. The number of hydrogen-bond acceptors (Lipinski definition) is 4. The summed E-state index contributed by atoms with van der Waals surface area (Å²) in [4.78, 5) is 10.3. The average Bonchev–Trinajstić information content (AvgIpc) is 3.29. The number of halogens is 1. The van der Waals surface area contributed by atoms with Crippen molar-refractivity contribution in [2.45, 2.75) is 13.1 Å². The van der Waals surface area contributed by atoms with Crippen molar-refractivity contribution in [2.24, 2.45) is 4.99 Å². The van der Waals surface area contributed by atoms with E-state index in [0.29, 0.717) is 24.7 Å². The molecule has 8 heteroatoms. The van der Waals surface area contributed by atoms with Crippen LogP contribution in [-0.2, 0) is 13.1 Å². The van der Waals surface area contributed by atoms with Gasteiger partial charge in [0.2, 0.25) is 0 Å². The van der Waals surface area contributed by atoms with Crippen LogP contribution in [0.25, 0.3) is 5.69 Å². The first kappa shape index (κ1) is 21.2. The zero-order valence-corrected chi connectivity index (χ0v) is 17.6. The number of ether oxygens (including phenoxy) is 2. The smallest absolute Gasteiger partial charge is 0.193 e. The van der Waals surface area contributed by atoms with Crippen molar-refractivity contribution >= 4 is 5.96 Å². The van der Waals surface area contributed by atoms with Crippen molar-refractivity contribution < 1.29 is 13.9 Å². The van der Waals surface area contributed by atoms with Crippen LogP contribution >= 0.6 is 0 Å². The lowest BCUT2D eigenvalue weighted by Gasteiger charge is -2.23. The van der Waals surface area contributed by atoms with Crippen molar-refractivity contribution in [2.75, 3.05) is 28.3 Å². The van der Waals surface area contributed by atoms with Crippen LogP contribution in [0.4, 0.5) is 4.39 Å². The Morgan fingerprint density at radius 1 is 1.20 bits per heavy atom. The molecule has 30 heavy (non-hydrogen) atoms. The number of hydrogen-bond donors (Lipinski definition) is 1. The first-order chi connectivity index (χ1) is 14.5. The first-order valence-electron chi connectivity index (χ1n) is 9.45. The topological polar surface area (TPSA) is 63.9 Å². The molecule has 0 unspecified atom stereocenters. The van der Waals surface area contributed by atoms with E-state index in [1.165, 1.54) is 6.07 Å². The van der Waals surface area contributed by atoms with Gasteiger partial charge in [-0.25, -0.2) is 9.37 Å². The molecule has 3 aromatic rings. The van der Waals surface area contributed by atoms with E-state index in [1.54, 1.807) is 50.6 Å². The number of aromatic nitrogens is 2. The Balaban J connectivity index is 1.65. The molecule has 158 valence electrons. The quantitative estimate of drug-likeness (QED) is 0.478. The molecular weight excluding hydrogens is 385 g/mol. The lowest BCUT2D eigenvalue weighted by molar-refractivity contribution is 0.382. The molecule has 0 aliphatic heterocycles. The second kappa shape index (κ2) is 9.78. The van der Waals surface area contributed by atoms with Crippen molar-refractivity contribution in [3.05, 3.63) is 72.1 Å². The minimum absolute atomic E-state index is 0.307. The van der Waals surface area contributed by atoms with Gasteiger partial charge in [0.15, 0.2) is 5.96 Å². The number of nitrogens with one attached hydrogen (secondary N) is 1. The van der Waals surface area contributed by atoms with E-state index in [0.717, 1.165) is 22.6 Å². The molecule has 0 amide bonds. The standard InChI is InChI=1S/C22H26FN5O2/c1-24-22(27(2)14-17-6-7-18(29-3)12-21(17)30-4)26-13-16-5-8-20(19(23)11-16)28-10-9-25-15-28/h5-12,15H,13-14H2,1-4H3,(H,24,26). The largest absolute Gasteiger partial charge is 0.497 e. The number of imidazole rings is 1. The van der Waals surface area contributed by atoms with E-state index < -0.39 is 0 Å². The van der Waals surface area contributed by atoms with Gasteiger partial charge in [0.1, 0.15) is 17.3 Å². The fourth-order valence-corrected chi connectivity index (χ4v) is 3.15. The molecule has 7 nitrogen and oxygen atoms in total. The molecule has 0 radical (unpaired) electrons. The van der Waals surface area contributed by atoms with Gasteiger partial charge in [-0.2, -0.15) is 0 Å². The van der Waals surface area contributed by atoms with Gasteiger partial charge in [0.05, 0.1) is 26.2 Å². The maximum absolute atomic E-state index is 14.5. The molecule has 0 spiro atoms. The van der Waals surface area contributed by atoms with Crippen LogP contribution in [0, 0.1) is 5.82 Å². The van der Waals surface area contributed by atoms with Crippen LogP contribution in [0.15, 0.2) is 60.1 Å². The minimum Gasteiger partial charge on any atom is -0.497 e. The zero-order chi connectivity index (χ0) is 21.5. The second-order valence-corrected chi connectivity index (χ2v) is 6.69. The fraction of sp³-hybridized carbons (Fsp3) is 0.273. The molecule has 0 bridgehead atoms. The zero-order valence-electron chi connectivity index (χ0n) is 17.6. The molecular formula is C22H26FN5O2. The first-order valence-corrected chi connectivity index (χ1v) is 9.45. The number of aliphatic imine (C=N–C) groups is 1. The summed E-state index contributed by atoms with van der Waals surface area (Å²) in [6.45, 7) is 1.03. The van der Waals surface area contributed by atoms with Crippen LogP contribution in [0.1, 0.15) is 11.1 Å². The van der Waals surface area contributed by atoms with Crippen LogP contribution in [0.2, 0.25) is 0 Å². The summed E-state index contributed by atoms with van der Waals surface area (Å²) >= 11 is 0. The van der Waals surface area contributed by atoms with Crippen LogP contribution in [-0.4, -0.2) is 48.7 Å². The van der Waals surface area contributed by atoms with Crippen LogP contribution in [0.3, 0.4) is 0 Å². The van der Waals surface area contributed by atoms with Gasteiger partial charge in [0, 0.05) is 51.2 Å². The Bertz CT molecular complexity index is 1000. The normalized spacial score (nSPS) is 11.3. The number of guanidine groups is 1. The van der Waals surface area contributed by atoms with E-state index in [-0.39, 0.29) is 5.82 Å². The summed E-state index contributed by atoms with van der Waals surface area (Å²) in [5.74, 6) is 1.86. The monoisotopic (exact) mass is 411 g/mol. The molecule has 3 rings (SSSR count). The van der Waals surface area contributed by atoms with Crippen molar-refractivity contribution in [1.82, 2.24) is 19.8 Å². The van der Waals surface area contributed by atoms with Gasteiger partial charge in [-0.05, 0) is 29.8 Å². The number of nitrogens with zero attached hydrogens (tertiary/aromatic N) is 4. The molecule has 0 saturated carbocycles. The van der Waals surface area contributed by atoms with E-state index in [1.807, 2.05) is 36.2 Å².